The number of hydrogen-bond donors (Lipinski definition) is 2. The fraction of sp³-hybridized carbons (Fsp3) is 0.0909. The van der Waals surface area contributed by atoms with Crippen molar-refractivity contribution in [3.05, 3.63) is 33.8 Å². The van der Waals surface area contributed by atoms with Crippen molar-refractivity contribution in [3.63, 3.8) is 0 Å². The lowest BCUT2D eigenvalue weighted by Crippen LogP contribution is -2.04. The molecule has 0 saturated heterocycles. The fourth-order valence-corrected chi connectivity index (χ4v) is 2.05. The van der Waals surface area contributed by atoms with E-state index in [-0.39, 0.29) is 5.95 Å². The van der Waals surface area contributed by atoms with Gasteiger partial charge in [0.2, 0.25) is 5.95 Å². The molecule has 88 valence electrons. The first-order valence-electron chi connectivity index (χ1n) is 4.83. The van der Waals surface area contributed by atoms with E-state index in [1.165, 1.54) is 0 Å². The Balaban J connectivity index is 2.67. The van der Waals surface area contributed by atoms with E-state index in [1.54, 1.807) is 18.2 Å². The molecule has 1 aromatic carbocycles. The zero-order chi connectivity index (χ0) is 12.6. The van der Waals surface area contributed by atoms with Crippen LogP contribution in [0.5, 0.6) is 0 Å². The Hall–Kier alpha value is -1.52. The average Bonchev–Trinajstić information content (AvgIpc) is 2.22. The first kappa shape index (κ1) is 12.0. The van der Waals surface area contributed by atoms with E-state index < -0.39 is 0 Å². The third kappa shape index (κ3) is 2.43. The summed E-state index contributed by atoms with van der Waals surface area (Å²) in [7, 11) is 0. The normalized spacial score (nSPS) is 10.5. The van der Waals surface area contributed by atoms with Crippen LogP contribution in [0.1, 0.15) is 5.56 Å². The van der Waals surface area contributed by atoms with Crippen molar-refractivity contribution in [3.8, 4) is 11.3 Å². The highest BCUT2D eigenvalue weighted by Crippen LogP contribution is 2.29. The number of nitrogens with zero attached hydrogens (tertiary/aromatic N) is 2. The second-order valence-electron chi connectivity index (χ2n) is 3.60. The van der Waals surface area contributed by atoms with Crippen LogP contribution in [0, 0.1) is 6.92 Å². The summed E-state index contributed by atoms with van der Waals surface area (Å²) in [6, 6.07) is 5.15. The molecule has 0 saturated carbocycles. The van der Waals surface area contributed by atoms with E-state index in [4.69, 9.17) is 34.7 Å². The van der Waals surface area contributed by atoms with Gasteiger partial charge in [0.25, 0.3) is 0 Å². The predicted octanol–water partition coefficient (Wildman–Crippen LogP) is 2.92. The van der Waals surface area contributed by atoms with Crippen molar-refractivity contribution in [2.45, 2.75) is 6.92 Å². The Bertz CT molecular complexity index is 564. The molecule has 0 aliphatic carbocycles. The lowest BCUT2D eigenvalue weighted by Gasteiger charge is -2.09. The Labute approximate surface area is 109 Å². The molecule has 0 aliphatic rings. The highest BCUT2D eigenvalue weighted by Gasteiger charge is 2.10. The standard InChI is InChI=1S/C11H10Cl2N4/c1-5-9(16-11(15)17-10(5)14)6-2-7(12)4-8(13)3-6/h2-4H,1H3,(H4,14,15,16,17). The minimum atomic E-state index is 0.124. The lowest BCUT2D eigenvalue weighted by molar-refractivity contribution is 1.16. The average molecular weight is 269 g/mol. The maximum Gasteiger partial charge on any atom is 0.222 e. The van der Waals surface area contributed by atoms with E-state index in [0.717, 1.165) is 11.1 Å². The van der Waals surface area contributed by atoms with E-state index in [9.17, 15) is 0 Å². The van der Waals surface area contributed by atoms with E-state index in [1.807, 2.05) is 6.92 Å². The van der Waals surface area contributed by atoms with Gasteiger partial charge >= 0.3 is 0 Å². The molecule has 4 nitrogen and oxygen atoms in total. The number of hydrogen-bond acceptors (Lipinski definition) is 4. The number of aromatic nitrogens is 2. The third-order valence-electron chi connectivity index (χ3n) is 2.34. The van der Waals surface area contributed by atoms with Gasteiger partial charge in [0.1, 0.15) is 5.82 Å². The Kier molecular flexibility index (Phi) is 3.09. The monoisotopic (exact) mass is 268 g/mol. The summed E-state index contributed by atoms with van der Waals surface area (Å²) in [6.07, 6.45) is 0. The van der Waals surface area contributed by atoms with E-state index >= 15 is 0 Å². The Morgan fingerprint density at radius 2 is 1.59 bits per heavy atom. The Morgan fingerprint density at radius 3 is 2.18 bits per heavy atom. The number of anilines is 2. The fourth-order valence-electron chi connectivity index (χ4n) is 1.52. The van der Waals surface area contributed by atoms with Crippen LogP contribution in [0.25, 0.3) is 11.3 Å². The van der Waals surface area contributed by atoms with E-state index in [2.05, 4.69) is 9.97 Å². The summed E-state index contributed by atoms with van der Waals surface area (Å²) in [5.74, 6) is 0.475. The summed E-state index contributed by atoms with van der Waals surface area (Å²) in [6.45, 7) is 1.82. The molecular formula is C11H10Cl2N4. The molecule has 0 unspecified atom stereocenters. The molecule has 0 aliphatic heterocycles. The van der Waals surface area contributed by atoms with Crippen molar-refractivity contribution in [1.82, 2.24) is 9.97 Å². The molecule has 0 bridgehead atoms. The van der Waals surface area contributed by atoms with Crippen LogP contribution < -0.4 is 11.5 Å². The molecule has 1 aromatic heterocycles. The van der Waals surface area contributed by atoms with Crippen molar-refractivity contribution in [2.75, 3.05) is 11.5 Å². The van der Waals surface area contributed by atoms with Gasteiger partial charge in [-0.15, -0.1) is 0 Å². The predicted molar refractivity (Wildman–Crippen MR) is 71.0 cm³/mol. The van der Waals surface area contributed by atoms with Gasteiger partial charge in [-0.1, -0.05) is 23.2 Å². The summed E-state index contributed by atoms with van der Waals surface area (Å²) < 4.78 is 0. The van der Waals surface area contributed by atoms with Crippen LogP contribution in [-0.2, 0) is 0 Å². The highest BCUT2D eigenvalue weighted by molar-refractivity contribution is 6.35. The number of rotatable bonds is 1. The van der Waals surface area contributed by atoms with Crippen LogP contribution in [0.15, 0.2) is 18.2 Å². The maximum atomic E-state index is 5.94. The topological polar surface area (TPSA) is 77.8 Å². The van der Waals surface area contributed by atoms with Crippen LogP contribution in [-0.4, -0.2) is 9.97 Å². The van der Waals surface area contributed by atoms with Gasteiger partial charge in [-0.2, -0.15) is 4.98 Å². The highest BCUT2D eigenvalue weighted by atomic mass is 35.5. The van der Waals surface area contributed by atoms with Gasteiger partial charge in [0.05, 0.1) is 5.69 Å². The molecule has 1 heterocycles. The number of nitrogen functional groups attached to an aromatic ring is 2. The molecule has 2 aromatic rings. The summed E-state index contributed by atoms with van der Waals surface area (Å²) in [4.78, 5) is 8.04. The van der Waals surface area contributed by atoms with Crippen LogP contribution >= 0.6 is 23.2 Å². The minimum Gasteiger partial charge on any atom is -0.383 e. The third-order valence-corrected chi connectivity index (χ3v) is 2.77. The molecule has 6 heteroatoms. The summed E-state index contributed by atoms with van der Waals surface area (Å²) >= 11 is 11.9. The minimum absolute atomic E-state index is 0.124. The smallest absolute Gasteiger partial charge is 0.222 e. The van der Waals surface area contributed by atoms with Crippen molar-refractivity contribution in [1.29, 1.82) is 0 Å². The molecule has 0 radical (unpaired) electrons. The van der Waals surface area contributed by atoms with Crippen molar-refractivity contribution < 1.29 is 0 Å². The molecular weight excluding hydrogens is 259 g/mol. The first-order chi connectivity index (χ1) is 7.97. The second kappa shape index (κ2) is 4.39. The van der Waals surface area contributed by atoms with E-state index in [0.29, 0.717) is 21.6 Å². The van der Waals surface area contributed by atoms with Gasteiger partial charge in [-0.05, 0) is 25.1 Å². The molecule has 0 fully saturated rings. The number of benzene rings is 1. The van der Waals surface area contributed by atoms with Gasteiger partial charge in [-0.3, -0.25) is 0 Å². The lowest BCUT2D eigenvalue weighted by atomic mass is 10.1. The molecule has 0 spiro atoms. The Morgan fingerprint density at radius 1 is 1.00 bits per heavy atom. The quantitative estimate of drug-likeness (QED) is 0.834. The van der Waals surface area contributed by atoms with Crippen molar-refractivity contribution in [2.24, 2.45) is 0 Å². The largest absolute Gasteiger partial charge is 0.383 e. The SMILES string of the molecule is Cc1c(N)nc(N)nc1-c1cc(Cl)cc(Cl)c1. The second-order valence-corrected chi connectivity index (χ2v) is 4.47. The van der Waals surface area contributed by atoms with Crippen LogP contribution in [0.3, 0.4) is 0 Å². The summed E-state index contributed by atoms with van der Waals surface area (Å²) in [5.41, 5.74) is 13.5. The number of halogens is 2. The van der Waals surface area contributed by atoms with Crippen LogP contribution in [0.4, 0.5) is 11.8 Å². The van der Waals surface area contributed by atoms with Gasteiger partial charge in [0.15, 0.2) is 0 Å². The molecule has 17 heavy (non-hydrogen) atoms. The molecule has 2 rings (SSSR count). The van der Waals surface area contributed by atoms with Crippen LogP contribution in [0.2, 0.25) is 10.0 Å². The number of nitrogens with two attached hydrogens (primary N) is 2. The first-order valence-corrected chi connectivity index (χ1v) is 5.59. The molecule has 4 N–H and O–H groups in total. The molecule has 0 amide bonds. The molecule has 0 atom stereocenters. The van der Waals surface area contributed by atoms with Gasteiger partial charge < -0.3 is 11.5 Å². The maximum absolute atomic E-state index is 5.94. The summed E-state index contributed by atoms with van der Waals surface area (Å²) in [5, 5.41) is 1.06. The zero-order valence-corrected chi connectivity index (χ0v) is 10.5. The zero-order valence-electron chi connectivity index (χ0n) is 9.04. The van der Waals surface area contributed by atoms with Crippen molar-refractivity contribution >= 4 is 35.0 Å². The van der Waals surface area contributed by atoms with Gasteiger partial charge in [0, 0.05) is 21.2 Å². The van der Waals surface area contributed by atoms with Gasteiger partial charge in [-0.25, -0.2) is 4.98 Å².